The Labute approximate surface area is 136 Å². The topological polar surface area (TPSA) is 86.7 Å². The number of anilines is 2. The first-order valence-electron chi connectivity index (χ1n) is 7.37. The number of rotatable bonds is 5. The summed E-state index contributed by atoms with van der Waals surface area (Å²) in [5.41, 5.74) is 5.67. The number of aliphatic hydroxyl groups excluding tert-OH is 1. The van der Waals surface area contributed by atoms with Crippen molar-refractivity contribution in [1.82, 2.24) is 19.9 Å². The Bertz CT molecular complexity index is 961. The van der Waals surface area contributed by atoms with Gasteiger partial charge in [0.25, 0.3) is 0 Å². The van der Waals surface area contributed by atoms with Gasteiger partial charge in [0.15, 0.2) is 0 Å². The van der Waals surface area contributed by atoms with Crippen LogP contribution >= 0.6 is 11.3 Å². The molecule has 0 atom stereocenters. The van der Waals surface area contributed by atoms with Crippen LogP contribution in [0.4, 0.5) is 11.5 Å². The van der Waals surface area contributed by atoms with Crippen LogP contribution in [0.1, 0.15) is 12.1 Å². The molecular formula is C16H15N5OS. The highest BCUT2D eigenvalue weighted by molar-refractivity contribution is 7.16. The van der Waals surface area contributed by atoms with E-state index in [1.165, 1.54) is 0 Å². The van der Waals surface area contributed by atoms with Crippen LogP contribution in [-0.4, -0.2) is 31.6 Å². The van der Waals surface area contributed by atoms with E-state index in [9.17, 15) is 0 Å². The van der Waals surface area contributed by atoms with Gasteiger partial charge in [0, 0.05) is 18.0 Å². The number of aromatic amines is 1. The molecule has 1 aromatic carbocycles. The summed E-state index contributed by atoms with van der Waals surface area (Å²) in [6.45, 7) is 0.182. The van der Waals surface area contributed by atoms with E-state index in [2.05, 4.69) is 31.3 Å². The van der Waals surface area contributed by atoms with Gasteiger partial charge in [0.2, 0.25) is 0 Å². The fourth-order valence-corrected chi connectivity index (χ4v) is 3.28. The Morgan fingerprint density at radius 2 is 2.13 bits per heavy atom. The molecule has 0 radical (unpaired) electrons. The zero-order valence-electron chi connectivity index (χ0n) is 12.3. The number of hydrogen-bond donors (Lipinski definition) is 3. The fraction of sp³-hybridized carbons (Fsp3) is 0.188. The smallest absolute Gasteiger partial charge is 0.143 e. The molecule has 0 aliphatic heterocycles. The second kappa shape index (κ2) is 5.94. The van der Waals surface area contributed by atoms with E-state index in [-0.39, 0.29) is 6.61 Å². The molecule has 0 aliphatic rings. The van der Waals surface area contributed by atoms with Gasteiger partial charge in [0.1, 0.15) is 17.8 Å². The molecule has 4 aromatic rings. The first kappa shape index (κ1) is 14.1. The van der Waals surface area contributed by atoms with Crippen LogP contribution in [-0.2, 0) is 6.42 Å². The first-order valence-corrected chi connectivity index (χ1v) is 8.25. The summed E-state index contributed by atoms with van der Waals surface area (Å²) >= 11 is 1.62. The highest BCUT2D eigenvalue weighted by atomic mass is 32.1. The van der Waals surface area contributed by atoms with Crippen molar-refractivity contribution in [3.63, 3.8) is 0 Å². The number of hydrogen-bond acceptors (Lipinski definition) is 6. The van der Waals surface area contributed by atoms with E-state index < -0.39 is 0 Å². The largest absolute Gasteiger partial charge is 0.396 e. The van der Waals surface area contributed by atoms with E-state index in [0.29, 0.717) is 0 Å². The van der Waals surface area contributed by atoms with Crippen LogP contribution < -0.4 is 5.32 Å². The second-order valence-electron chi connectivity index (χ2n) is 5.27. The van der Waals surface area contributed by atoms with Gasteiger partial charge in [-0.15, -0.1) is 11.3 Å². The summed E-state index contributed by atoms with van der Waals surface area (Å²) in [7, 11) is 0. The SMILES string of the molecule is OCCCc1cc2c(Nc3ccc4ncsc4c3)ncnc2[nH]1. The Kier molecular flexibility index (Phi) is 3.64. The maximum absolute atomic E-state index is 8.96. The van der Waals surface area contributed by atoms with E-state index in [1.807, 2.05) is 23.7 Å². The number of thiazole rings is 1. The van der Waals surface area contributed by atoms with Crippen LogP contribution in [0.2, 0.25) is 0 Å². The van der Waals surface area contributed by atoms with Gasteiger partial charge < -0.3 is 15.4 Å². The fourth-order valence-electron chi connectivity index (χ4n) is 2.57. The molecule has 0 aliphatic carbocycles. The number of aliphatic hydroxyl groups is 1. The number of benzene rings is 1. The maximum atomic E-state index is 8.96. The zero-order chi connectivity index (χ0) is 15.6. The molecule has 0 amide bonds. The van der Waals surface area contributed by atoms with Crippen LogP contribution in [0.25, 0.3) is 21.3 Å². The molecule has 3 heterocycles. The minimum atomic E-state index is 0.182. The van der Waals surface area contributed by atoms with E-state index >= 15 is 0 Å². The molecular weight excluding hydrogens is 310 g/mol. The predicted octanol–water partition coefficient (Wildman–Crippen LogP) is 3.24. The molecule has 7 heteroatoms. The third-order valence-corrected chi connectivity index (χ3v) is 4.47. The first-order chi connectivity index (χ1) is 11.3. The van der Waals surface area contributed by atoms with Crippen molar-refractivity contribution < 1.29 is 5.11 Å². The normalized spacial score (nSPS) is 11.3. The molecule has 23 heavy (non-hydrogen) atoms. The third kappa shape index (κ3) is 2.76. The monoisotopic (exact) mass is 325 g/mol. The van der Waals surface area contributed by atoms with Gasteiger partial charge in [0.05, 0.1) is 21.1 Å². The Hall–Kier alpha value is -2.51. The average molecular weight is 325 g/mol. The second-order valence-corrected chi connectivity index (χ2v) is 6.15. The van der Waals surface area contributed by atoms with Crippen LogP contribution in [0.3, 0.4) is 0 Å². The molecule has 0 spiro atoms. The van der Waals surface area contributed by atoms with Crippen molar-refractivity contribution in [3.05, 3.63) is 41.8 Å². The number of nitrogens with one attached hydrogen (secondary N) is 2. The lowest BCUT2D eigenvalue weighted by atomic mass is 10.2. The molecule has 3 N–H and O–H groups in total. The molecule has 3 aromatic heterocycles. The summed E-state index contributed by atoms with van der Waals surface area (Å²) in [5.74, 6) is 0.769. The van der Waals surface area contributed by atoms with Gasteiger partial charge >= 0.3 is 0 Å². The van der Waals surface area contributed by atoms with E-state index in [0.717, 1.165) is 51.3 Å². The van der Waals surface area contributed by atoms with Crippen molar-refractivity contribution in [3.8, 4) is 0 Å². The Balaban J connectivity index is 1.68. The summed E-state index contributed by atoms with van der Waals surface area (Å²) in [6.07, 6.45) is 3.06. The highest BCUT2D eigenvalue weighted by Crippen LogP contribution is 2.27. The lowest BCUT2D eigenvalue weighted by molar-refractivity contribution is 0.288. The molecule has 0 unspecified atom stereocenters. The summed E-state index contributed by atoms with van der Waals surface area (Å²) in [5, 5.41) is 13.3. The number of aromatic nitrogens is 4. The molecule has 0 bridgehead atoms. The Morgan fingerprint density at radius 1 is 1.17 bits per heavy atom. The van der Waals surface area contributed by atoms with Crippen molar-refractivity contribution >= 4 is 44.1 Å². The predicted molar refractivity (Wildman–Crippen MR) is 92.2 cm³/mol. The lowest BCUT2D eigenvalue weighted by Crippen LogP contribution is -1.94. The molecule has 0 saturated heterocycles. The average Bonchev–Trinajstić information content (AvgIpc) is 3.19. The quantitative estimate of drug-likeness (QED) is 0.524. The van der Waals surface area contributed by atoms with Gasteiger partial charge in [-0.2, -0.15) is 0 Å². The van der Waals surface area contributed by atoms with Crippen LogP contribution in [0.5, 0.6) is 0 Å². The van der Waals surface area contributed by atoms with E-state index in [4.69, 9.17) is 5.11 Å². The van der Waals surface area contributed by atoms with E-state index in [1.54, 1.807) is 17.7 Å². The number of aryl methyl sites for hydroxylation is 1. The summed E-state index contributed by atoms with van der Waals surface area (Å²) in [6, 6.07) is 8.10. The van der Waals surface area contributed by atoms with Crippen molar-refractivity contribution in [2.45, 2.75) is 12.8 Å². The highest BCUT2D eigenvalue weighted by Gasteiger charge is 2.09. The standard InChI is InChI=1S/C16H15N5OS/c22-5-1-2-10-6-12-15(20-10)17-8-18-16(12)21-11-3-4-13-14(7-11)23-9-19-13/h3-4,6-9,22H,1-2,5H2,(H2,17,18,20,21). The molecule has 6 nitrogen and oxygen atoms in total. The van der Waals surface area contributed by atoms with Crippen molar-refractivity contribution in [2.24, 2.45) is 0 Å². The molecule has 0 saturated carbocycles. The maximum Gasteiger partial charge on any atom is 0.143 e. The minimum absolute atomic E-state index is 0.182. The summed E-state index contributed by atoms with van der Waals surface area (Å²) < 4.78 is 1.14. The van der Waals surface area contributed by atoms with Crippen molar-refractivity contribution in [1.29, 1.82) is 0 Å². The zero-order valence-corrected chi connectivity index (χ0v) is 13.1. The third-order valence-electron chi connectivity index (χ3n) is 3.68. The Morgan fingerprint density at radius 3 is 3.04 bits per heavy atom. The van der Waals surface area contributed by atoms with Crippen molar-refractivity contribution in [2.75, 3.05) is 11.9 Å². The minimum Gasteiger partial charge on any atom is -0.396 e. The number of fused-ring (bicyclic) bond motifs is 2. The molecule has 4 rings (SSSR count). The molecule has 0 fully saturated rings. The number of nitrogens with zero attached hydrogens (tertiary/aromatic N) is 3. The van der Waals surface area contributed by atoms with Gasteiger partial charge in [-0.1, -0.05) is 0 Å². The molecule has 116 valence electrons. The summed E-state index contributed by atoms with van der Waals surface area (Å²) in [4.78, 5) is 16.2. The van der Waals surface area contributed by atoms with Gasteiger partial charge in [-0.25, -0.2) is 15.0 Å². The van der Waals surface area contributed by atoms with Gasteiger partial charge in [-0.05, 0) is 37.1 Å². The number of H-pyrrole nitrogens is 1. The van der Waals surface area contributed by atoms with Crippen LogP contribution in [0, 0.1) is 0 Å². The lowest BCUT2D eigenvalue weighted by Gasteiger charge is -2.06. The van der Waals surface area contributed by atoms with Gasteiger partial charge in [-0.3, -0.25) is 0 Å². The van der Waals surface area contributed by atoms with Crippen LogP contribution in [0.15, 0.2) is 36.1 Å².